The second-order valence-electron chi connectivity index (χ2n) is 5.37. The number of rotatable bonds is 9. The molecule has 0 saturated heterocycles. The smallest absolute Gasteiger partial charge is 0.215 e. The van der Waals surface area contributed by atoms with Crippen molar-refractivity contribution in [2.45, 2.75) is 26.4 Å². The van der Waals surface area contributed by atoms with E-state index in [0.29, 0.717) is 23.8 Å². The van der Waals surface area contributed by atoms with E-state index < -0.39 is 16.1 Å². The van der Waals surface area contributed by atoms with Gasteiger partial charge < -0.3 is 15.6 Å². The second kappa shape index (κ2) is 8.21. The number of benzene rings is 1. The van der Waals surface area contributed by atoms with Crippen LogP contribution < -0.4 is 15.2 Å². The molecular formula is C14H24N2O4S. The number of nitrogens with one attached hydrogen (secondary N) is 1. The number of aliphatic hydroxyl groups is 1. The Morgan fingerprint density at radius 1 is 1.38 bits per heavy atom. The van der Waals surface area contributed by atoms with Crippen LogP contribution in [0.15, 0.2) is 24.3 Å². The van der Waals surface area contributed by atoms with E-state index in [1.165, 1.54) is 0 Å². The molecule has 0 aliphatic rings. The van der Waals surface area contributed by atoms with Crippen molar-refractivity contribution in [2.24, 2.45) is 5.92 Å². The number of hydrogen-bond acceptors (Lipinski definition) is 5. The van der Waals surface area contributed by atoms with Gasteiger partial charge in [-0.3, -0.25) is 0 Å². The zero-order valence-electron chi connectivity index (χ0n) is 12.5. The molecule has 7 heteroatoms. The number of ether oxygens (including phenoxy) is 1. The Kier molecular flexibility index (Phi) is 6.94. The first-order valence-electron chi connectivity index (χ1n) is 6.92. The van der Waals surface area contributed by atoms with Crippen LogP contribution in [0.2, 0.25) is 0 Å². The minimum atomic E-state index is -3.46. The lowest BCUT2D eigenvalue weighted by Crippen LogP contribution is -2.35. The Balaban J connectivity index is 2.33. The molecule has 0 fully saturated rings. The summed E-state index contributed by atoms with van der Waals surface area (Å²) in [6.07, 6.45) is -0.114. The zero-order chi connectivity index (χ0) is 15.9. The lowest BCUT2D eigenvalue weighted by atomic mass is 10.1. The highest BCUT2D eigenvalue weighted by atomic mass is 32.2. The Morgan fingerprint density at radius 3 is 2.71 bits per heavy atom. The summed E-state index contributed by atoms with van der Waals surface area (Å²) in [5.41, 5.74) is 6.16. The van der Waals surface area contributed by atoms with Crippen LogP contribution in [-0.4, -0.2) is 38.5 Å². The maximum absolute atomic E-state index is 11.8. The molecule has 0 bridgehead atoms. The fourth-order valence-corrected chi connectivity index (χ4v) is 2.69. The van der Waals surface area contributed by atoms with Crippen LogP contribution in [0.4, 0.5) is 5.69 Å². The molecule has 0 aliphatic carbocycles. The van der Waals surface area contributed by atoms with Crippen LogP contribution in [0.25, 0.3) is 0 Å². The van der Waals surface area contributed by atoms with Crippen molar-refractivity contribution in [1.82, 2.24) is 4.72 Å². The molecule has 1 rings (SSSR count). The molecule has 0 aromatic heterocycles. The van der Waals surface area contributed by atoms with Gasteiger partial charge in [0.05, 0.1) is 11.9 Å². The first-order valence-corrected chi connectivity index (χ1v) is 8.57. The quantitative estimate of drug-likeness (QED) is 0.589. The summed E-state index contributed by atoms with van der Waals surface area (Å²) < 4.78 is 31.2. The predicted octanol–water partition coefficient (Wildman–Crippen LogP) is 0.974. The molecule has 0 heterocycles. The molecule has 0 radical (unpaired) electrons. The number of sulfonamides is 1. The van der Waals surface area contributed by atoms with Crippen LogP contribution in [0, 0.1) is 5.92 Å². The highest BCUT2D eigenvalue weighted by Gasteiger charge is 2.14. The van der Waals surface area contributed by atoms with Gasteiger partial charge in [-0.2, -0.15) is 0 Å². The van der Waals surface area contributed by atoms with Crippen LogP contribution in [0.3, 0.4) is 0 Å². The second-order valence-corrected chi connectivity index (χ2v) is 7.30. The minimum absolute atomic E-state index is 0.0266. The largest absolute Gasteiger partial charge is 0.492 e. The van der Waals surface area contributed by atoms with Crippen LogP contribution in [-0.2, 0) is 10.0 Å². The lowest BCUT2D eigenvalue weighted by molar-refractivity contribution is 0.152. The fourth-order valence-electron chi connectivity index (χ4n) is 1.80. The Labute approximate surface area is 126 Å². The molecule has 120 valence electrons. The van der Waals surface area contributed by atoms with Gasteiger partial charge in [-0.1, -0.05) is 19.9 Å². The molecule has 0 amide bonds. The average Bonchev–Trinajstić information content (AvgIpc) is 2.36. The SMILES string of the molecule is CC(C)CC(O)CNS(=O)(=O)CCOc1cccc(N)c1. The number of hydrogen-bond donors (Lipinski definition) is 3. The summed E-state index contributed by atoms with van der Waals surface area (Å²) in [7, 11) is -3.46. The average molecular weight is 316 g/mol. The van der Waals surface area contributed by atoms with Crippen molar-refractivity contribution in [1.29, 1.82) is 0 Å². The summed E-state index contributed by atoms with van der Waals surface area (Å²) in [4.78, 5) is 0. The number of anilines is 1. The van der Waals surface area contributed by atoms with Gasteiger partial charge in [-0.05, 0) is 24.5 Å². The molecule has 6 nitrogen and oxygen atoms in total. The van der Waals surface area contributed by atoms with E-state index in [9.17, 15) is 13.5 Å². The van der Waals surface area contributed by atoms with E-state index in [0.717, 1.165) is 0 Å². The van der Waals surface area contributed by atoms with Crippen LogP contribution in [0.1, 0.15) is 20.3 Å². The standard InChI is InChI=1S/C14H24N2O4S/c1-11(2)8-13(17)10-16-21(18,19)7-6-20-14-5-3-4-12(15)9-14/h3-5,9,11,13,16-17H,6-8,10,15H2,1-2H3. The molecule has 1 atom stereocenters. The van der Waals surface area contributed by atoms with Crippen molar-refractivity contribution >= 4 is 15.7 Å². The van der Waals surface area contributed by atoms with E-state index in [1.807, 2.05) is 13.8 Å². The van der Waals surface area contributed by atoms with Gasteiger partial charge in [0.1, 0.15) is 12.4 Å². The third-order valence-corrected chi connectivity index (χ3v) is 4.07. The van der Waals surface area contributed by atoms with Gasteiger partial charge in [-0.25, -0.2) is 13.1 Å². The normalized spacial score (nSPS) is 13.3. The monoisotopic (exact) mass is 316 g/mol. The third-order valence-electron chi connectivity index (χ3n) is 2.76. The molecule has 0 spiro atoms. The van der Waals surface area contributed by atoms with Gasteiger partial charge in [0.15, 0.2) is 0 Å². The number of nitrogen functional groups attached to an aromatic ring is 1. The van der Waals surface area contributed by atoms with Crippen molar-refractivity contribution < 1.29 is 18.3 Å². The molecule has 1 aromatic carbocycles. The van der Waals surface area contributed by atoms with Crippen LogP contribution in [0.5, 0.6) is 5.75 Å². The first kappa shape index (κ1) is 17.7. The van der Waals surface area contributed by atoms with Gasteiger partial charge in [0.25, 0.3) is 0 Å². The maximum Gasteiger partial charge on any atom is 0.215 e. The van der Waals surface area contributed by atoms with E-state index in [-0.39, 0.29) is 18.9 Å². The Hall–Kier alpha value is -1.31. The molecule has 4 N–H and O–H groups in total. The van der Waals surface area contributed by atoms with Crippen LogP contribution >= 0.6 is 0 Å². The number of aliphatic hydroxyl groups excluding tert-OH is 1. The van der Waals surface area contributed by atoms with E-state index in [4.69, 9.17) is 10.5 Å². The summed E-state index contributed by atoms with van der Waals surface area (Å²) >= 11 is 0. The van der Waals surface area contributed by atoms with Crippen molar-refractivity contribution in [3.05, 3.63) is 24.3 Å². The van der Waals surface area contributed by atoms with Gasteiger partial charge >= 0.3 is 0 Å². The molecule has 0 aliphatic heterocycles. The molecule has 1 unspecified atom stereocenters. The summed E-state index contributed by atoms with van der Waals surface area (Å²) in [5.74, 6) is 0.678. The minimum Gasteiger partial charge on any atom is -0.492 e. The zero-order valence-corrected chi connectivity index (χ0v) is 13.3. The maximum atomic E-state index is 11.8. The fraction of sp³-hybridized carbons (Fsp3) is 0.571. The summed E-state index contributed by atoms with van der Waals surface area (Å²) in [6, 6.07) is 6.80. The molecular weight excluding hydrogens is 292 g/mol. The Bertz CT molecular complexity index is 532. The van der Waals surface area contributed by atoms with E-state index in [1.54, 1.807) is 24.3 Å². The highest BCUT2D eigenvalue weighted by Crippen LogP contribution is 2.14. The Morgan fingerprint density at radius 2 is 2.10 bits per heavy atom. The molecule has 1 aromatic rings. The van der Waals surface area contributed by atoms with E-state index in [2.05, 4.69) is 4.72 Å². The van der Waals surface area contributed by atoms with Crippen molar-refractivity contribution in [2.75, 3.05) is 24.6 Å². The van der Waals surface area contributed by atoms with Gasteiger partial charge in [-0.15, -0.1) is 0 Å². The van der Waals surface area contributed by atoms with Gasteiger partial charge in [0.2, 0.25) is 10.0 Å². The highest BCUT2D eigenvalue weighted by molar-refractivity contribution is 7.89. The molecule has 21 heavy (non-hydrogen) atoms. The van der Waals surface area contributed by atoms with Crippen molar-refractivity contribution in [3.8, 4) is 5.75 Å². The summed E-state index contributed by atoms with van der Waals surface area (Å²) in [5, 5.41) is 9.64. The third kappa shape index (κ3) is 7.89. The van der Waals surface area contributed by atoms with Gasteiger partial charge in [0, 0.05) is 18.3 Å². The first-order chi connectivity index (χ1) is 9.78. The van der Waals surface area contributed by atoms with Crippen molar-refractivity contribution in [3.63, 3.8) is 0 Å². The topological polar surface area (TPSA) is 102 Å². The predicted molar refractivity (Wildman–Crippen MR) is 83.6 cm³/mol. The van der Waals surface area contributed by atoms with E-state index >= 15 is 0 Å². The lowest BCUT2D eigenvalue weighted by Gasteiger charge is -2.14. The molecule has 0 saturated carbocycles. The number of nitrogens with two attached hydrogens (primary N) is 1. The summed E-state index contributed by atoms with van der Waals surface area (Å²) in [6.45, 7) is 3.99.